The Labute approximate surface area is 128 Å². The molecule has 1 fully saturated rings. The molecule has 0 spiro atoms. The second-order valence-electron chi connectivity index (χ2n) is 5.05. The molecule has 1 saturated heterocycles. The normalized spacial score (nSPS) is 17.5. The monoisotopic (exact) mass is 306 g/mol. The first-order valence-electron chi connectivity index (χ1n) is 6.88. The van der Waals surface area contributed by atoms with E-state index in [-0.39, 0.29) is 31.3 Å². The third-order valence-electron chi connectivity index (χ3n) is 3.65. The first-order chi connectivity index (χ1) is 10.4. The number of ether oxygens (including phenoxy) is 1. The van der Waals surface area contributed by atoms with Crippen molar-refractivity contribution >= 4 is 23.5 Å². The van der Waals surface area contributed by atoms with Gasteiger partial charge in [0.1, 0.15) is 18.5 Å². The van der Waals surface area contributed by atoms with E-state index in [2.05, 4.69) is 0 Å². The summed E-state index contributed by atoms with van der Waals surface area (Å²) in [7, 11) is 1.52. The smallest absolute Gasteiger partial charge is 0.326 e. The average molecular weight is 306 g/mol. The third kappa shape index (κ3) is 3.19. The fourth-order valence-corrected chi connectivity index (χ4v) is 2.46. The van der Waals surface area contributed by atoms with Gasteiger partial charge < -0.3 is 14.7 Å². The van der Waals surface area contributed by atoms with E-state index in [1.165, 1.54) is 23.8 Å². The Kier molecular flexibility index (Phi) is 4.65. The summed E-state index contributed by atoms with van der Waals surface area (Å²) in [5.74, 6) is -1.02. The molecule has 2 rings (SSSR count). The van der Waals surface area contributed by atoms with Crippen LogP contribution in [0.25, 0.3) is 0 Å². The van der Waals surface area contributed by atoms with Crippen molar-refractivity contribution in [3.63, 3.8) is 0 Å². The topological polar surface area (TPSA) is 87.2 Å². The Hall–Kier alpha value is -2.57. The Morgan fingerprint density at radius 2 is 2.18 bits per heavy atom. The number of aliphatic carboxylic acids is 1. The summed E-state index contributed by atoms with van der Waals surface area (Å²) in [6, 6.07) is 5.95. The van der Waals surface area contributed by atoms with Crippen LogP contribution in [0.1, 0.15) is 19.8 Å². The molecule has 1 heterocycles. The van der Waals surface area contributed by atoms with Crippen molar-refractivity contribution in [2.24, 2.45) is 0 Å². The quantitative estimate of drug-likeness (QED) is 0.879. The Morgan fingerprint density at radius 3 is 2.77 bits per heavy atom. The van der Waals surface area contributed by atoms with Crippen LogP contribution < -0.4 is 9.64 Å². The molecule has 1 atom stereocenters. The number of methoxy groups -OCH3 is 1. The number of benzene rings is 1. The van der Waals surface area contributed by atoms with Crippen LogP contribution in [0.5, 0.6) is 5.75 Å². The molecule has 1 aliphatic rings. The highest BCUT2D eigenvalue weighted by Crippen LogP contribution is 2.25. The van der Waals surface area contributed by atoms with Crippen LogP contribution in [0.4, 0.5) is 5.69 Å². The second-order valence-corrected chi connectivity index (χ2v) is 5.05. The van der Waals surface area contributed by atoms with Gasteiger partial charge in [-0.15, -0.1) is 0 Å². The Balaban J connectivity index is 2.26. The van der Waals surface area contributed by atoms with Gasteiger partial charge in [0.25, 0.3) is 0 Å². The summed E-state index contributed by atoms with van der Waals surface area (Å²) in [6.07, 6.45) is 0.443. The summed E-state index contributed by atoms with van der Waals surface area (Å²) in [6.45, 7) is 1.29. The number of hydrogen-bond donors (Lipinski definition) is 1. The lowest BCUT2D eigenvalue weighted by molar-refractivity contribution is -0.146. The van der Waals surface area contributed by atoms with E-state index in [1.54, 1.807) is 24.3 Å². The molecule has 22 heavy (non-hydrogen) atoms. The van der Waals surface area contributed by atoms with Crippen molar-refractivity contribution in [3.05, 3.63) is 24.3 Å². The molecule has 1 aromatic rings. The zero-order valence-corrected chi connectivity index (χ0v) is 12.5. The predicted molar refractivity (Wildman–Crippen MR) is 78.5 cm³/mol. The van der Waals surface area contributed by atoms with E-state index in [1.807, 2.05) is 0 Å². The zero-order chi connectivity index (χ0) is 16.3. The number of carboxylic acids is 1. The van der Waals surface area contributed by atoms with Gasteiger partial charge in [-0.25, -0.2) is 4.79 Å². The molecule has 2 amide bonds. The largest absolute Gasteiger partial charge is 0.497 e. The molecule has 118 valence electrons. The van der Waals surface area contributed by atoms with Crippen LogP contribution in [0.15, 0.2) is 24.3 Å². The molecule has 0 aromatic heterocycles. The summed E-state index contributed by atoms with van der Waals surface area (Å²) in [4.78, 5) is 37.6. The molecule has 7 nitrogen and oxygen atoms in total. The maximum absolute atomic E-state index is 11.9. The fourth-order valence-electron chi connectivity index (χ4n) is 2.46. The van der Waals surface area contributed by atoms with Gasteiger partial charge in [-0.2, -0.15) is 0 Å². The summed E-state index contributed by atoms with van der Waals surface area (Å²) < 4.78 is 5.12. The third-order valence-corrected chi connectivity index (χ3v) is 3.65. The second kappa shape index (κ2) is 6.46. The predicted octanol–water partition coefficient (Wildman–Crippen LogP) is 1.08. The standard InChI is InChI=1S/C15H18N2O5/c1-10(18)16(11-4-3-5-12(8-11)22-2)9-17-13(15(20)21)6-7-14(17)19/h3-5,8,13H,6-7,9H2,1-2H3,(H,20,21)/t13-/m0/s1. The number of likely N-dealkylation sites (tertiary alicyclic amines) is 1. The average Bonchev–Trinajstić information content (AvgIpc) is 2.85. The van der Waals surface area contributed by atoms with Crippen LogP contribution in [0, 0.1) is 0 Å². The van der Waals surface area contributed by atoms with Gasteiger partial charge in [0, 0.05) is 25.1 Å². The minimum absolute atomic E-state index is 0.0850. The van der Waals surface area contributed by atoms with Gasteiger partial charge in [-0.05, 0) is 18.6 Å². The maximum Gasteiger partial charge on any atom is 0.326 e. The highest BCUT2D eigenvalue weighted by Gasteiger charge is 2.37. The van der Waals surface area contributed by atoms with Crippen molar-refractivity contribution in [1.82, 2.24) is 4.90 Å². The van der Waals surface area contributed by atoms with Crippen LogP contribution in [-0.4, -0.2) is 47.6 Å². The van der Waals surface area contributed by atoms with Gasteiger partial charge in [0.2, 0.25) is 11.8 Å². The summed E-state index contributed by atoms with van der Waals surface area (Å²) in [5.41, 5.74) is 0.552. The van der Waals surface area contributed by atoms with E-state index >= 15 is 0 Å². The lowest BCUT2D eigenvalue weighted by Crippen LogP contribution is -2.47. The van der Waals surface area contributed by atoms with Crippen molar-refractivity contribution in [2.75, 3.05) is 18.7 Å². The lowest BCUT2D eigenvalue weighted by Gasteiger charge is -2.29. The molecular formula is C15H18N2O5. The van der Waals surface area contributed by atoms with E-state index < -0.39 is 12.0 Å². The van der Waals surface area contributed by atoms with Crippen LogP contribution in [0.2, 0.25) is 0 Å². The Bertz CT molecular complexity index is 601. The molecule has 1 N–H and O–H groups in total. The minimum Gasteiger partial charge on any atom is -0.497 e. The highest BCUT2D eigenvalue weighted by atomic mass is 16.5. The van der Waals surface area contributed by atoms with Gasteiger partial charge >= 0.3 is 5.97 Å². The molecule has 0 saturated carbocycles. The molecule has 0 aliphatic carbocycles. The first kappa shape index (κ1) is 15.8. The van der Waals surface area contributed by atoms with Crippen LogP contribution in [-0.2, 0) is 14.4 Å². The van der Waals surface area contributed by atoms with Crippen molar-refractivity contribution in [1.29, 1.82) is 0 Å². The van der Waals surface area contributed by atoms with E-state index in [0.29, 0.717) is 11.4 Å². The number of carbonyl (C=O) groups is 3. The van der Waals surface area contributed by atoms with Gasteiger partial charge in [-0.3, -0.25) is 14.5 Å². The number of amides is 2. The number of nitrogens with zero attached hydrogens (tertiary/aromatic N) is 2. The number of hydrogen-bond acceptors (Lipinski definition) is 4. The number of anilines is 1. The molecule has 1 aliphatic heterocycles. The summed E-state index contributed by atoms with van der Waals surface area (Å²) >= 11 is 0. The van der Waals surface area contributed by atoms with Crippen molar-refractivity contribution in [2.45, 2.75) is 25.8 Å². The van der Waals surface area contributed by atoms with Crippen LogP contribution in [0.3, 0.4) is 0 Å². The molecule has 1 aromatic carbocycles. The molecule has 7 heteroatoms. The van der Waals surface area contributed by atoms with E-state index in [0.717, 1.165) is 0 Å². The SMILES string of the molecule is COc1cccc(N(CN2C(=O)CC[C@H]2C(=O)O)C(C)=O)c1. The number of carbonyl (C=O) groups excluding carboxylic acids is 2. The van der Waals surface area contributed by atoms with Crippen molar-refractivity contribution in [3.8, 4) is 5.75 Å². The van der Waals surface area contributed by atoms with E-state index in [4.69, 9.17) is 4.74 Å². The summed E-state index contributed by atoms with van der Waals surface area (Å²) in [5, 5.41) is 9.19. The number of carboxylic acid groups (broad SMARTS) is 1. The number of rotatable bonds is 5. The maximum atomic E-state index is 11.9. The van der Waals surface area contributed by atoms with Gasteiger partial charge in [-0.1, -0.05) is 6.07 Å². The van der Waals surface area contributed by atoms with Crippen LogP contribution >= 0.6 is 0 Å². The minimum atomic E-state index is -1.06. The molecule has 0 bridgehead atoms. The molecule has 0 unspecified atom stereocenters. The highest BCUT2D eigenvalue weighted by molar-refractivity contribution is 5.93. The van der Waals surface area contributed by atoms with E-state index in [9.17, 15) is 19.5 Å². The Morgan fingerprint density at radius 1 is 1.45 bits per heavy atom. The van der Waals surface area contributed by atoms with Gasteiger partial charge in [0.05, 0.1) is 7.11 Å². The molecular weight excluding hydrogens is 288 g/mol. The van der Waals surface area contributed by atoms with Crippen molar-refractivity contribution < 1.29 is 24.2 Å². The lowest BCUT2D eigenvalue weighted by atomic mass is 10.2. The fraction of sp³-hybridized carbons (Fsp3) is 0.400. The zero-order valence-electron chi connectivity index (χ0n) is 12.5. The van der Waals surface area contributed by atoms with Gasteiger partial charge in [0.15, 0.2) is 0 Å². The molecule has 0 radical (unpaired) electrons. The first-order valence-corrected chi connectivity index (χ1v) is 6.88.